The lowest BCUT2D eigenvalue weighted by molar-refractivity contribution is 0.345. The average molecular weight is 422 g/mol. The molecule has 4 rings (SSSR count). The van der Waals surface area contributed by atoms with Gasteiger partial charge in [-0.05, 0) is 18.9 Å². The Labute approximate surface area is 176 Å². The van der Waals surface area contributed by atoms with Crippen molar-refractivity contribution in [2.24, 2.45) is 5.73 Å². The van der Waals surface area contributed by atoms with E-state index in [0.717, 1.165) is 41.3 Å². The van der Waals surface area contributed by atoms with Gasteiger partial charge in [-0.3, -0.25) is 5.10 Å². The molecule has 0 bridgehead atoms. The maximum absolute atomic E-state index is 5.92. The highest BCUT2D eigenvalue weighted by Crippen LogP contribution is 2.35. The van der Waals surface area contributed by atoms with E-state index in [9.17, 15) is 0 Å². The smallest absolute Gasteiger partial charge is 0.222 e. The molecule has 1 aliphatic rings. The number of nitrogens with zero attached hydrogens (tertiary/aromatic N) is 4. The van der Waals surface area contributed by atoms with Crippen molar-refractivity contribution in [3.63, 3.8) is 0 Å². The molecule has 1 aromatic carbocycles. The van der Waals surface area contributed by atoms with Crippen LogP contribution < -0.4 is 16.4 Å². The molecule has 0 spiro atoms. The largest absolute Gasteiger partial charge is 0.368 e. The van der Waals surface area contributed by atoms with Crippen LogP contribution in [-0.4, -0.2) is 33.3 Å². The summed E-state index contributed by atoms with van der Waals surface area (Å²) in [4.78, 5) is 10.8. The highest BCUT2D eigenvalue weighted by Gasteiger charge is 2.29. The summed E-state index contributed by atoms with van der Waals surface area (Å²) in [5.41, 5.74) is 15.8. The van der Waals surface area contributed by atoms with Gasteiger partial charge < -0.3 is 16.4 Å². The Hall–Kier alpha value is -2.35. The number of nitrogens with one attached hydrogen (secondary N) is 1. The summed E-state index contributed by atoms with van der Waals surface area (Å²) < 4.78 is 0. The first-order valence-corrected chi connectivity index (χ1v) is 8.79. The summed E-state index contributed by atoms with van der Waals surface area (Å²) in [5, 5.41) is 7.51. The lowest BCUT2D eigenvalue weighted by Gasteiger charge is -2.32. The zero-order chi connectivity index (χ0) is 18.1. The number of aromatic amines is 1. The maximum Gasteiger partial charge on any atom is 0.222 e. The van der Waals surface area contributed by atoms with Gasteiger partial charge in [0.1, 0.15) is 5.82 Å². The van der Waals surface area contributed by atoms with E-state index in [1.807, 2.05) is 48.3 Å². The van der Waals surface area contributed by atoms with Crippen LogP contribution >= 0.6 is 24.8 Å². The van der Waals surface area contributed by atoms with Gasteiger partial charge in [0.2, 0.25) is 5.95 Å². The fraction of sp³-hybridized carbons (Fsp3) is 0.316. The van der Waals surface area contributed by atoms with E-state index in [1.165, 1.54) is 0 Å². The second-order valence-electron chi connectivity index (χ2n) is 6.94. The summed E-state index contributed by atoms with van der Waals surface area (Å²) in [5.74, 6) is 1.50. The van der Waals surface area contributed by atoms with Crippen molar-refractivity contribution >= 4 is 36.6 Å². The van der Waals surface area contributed by atoms with E-state index in [4.69, 9.17) is 11.5 Å². The third kappa shape index (κ3) is 4.73. The number of H-pyrrole nitrogens is 1. The van der Waals surface area contributed by atoms with Crippen LogP contribution in [-0.2, 0) is 6.54 Å². The van der Waals surface area contributed by atoms with Crippen molar-refractivity contribution < 1.29 is 0 Å². The Morgan fingerprint density at radius 2 is 1.82 bits per heavy atom. The number of nitrogen functional groups attached to an aromatic ring is 1. The molecule has 0 amide bonds. The van der Waals surface area contributed by atoms with Crippen LogP contribution in [0.25, 0.3) is 11.3 Å². The SMILES string of the molecule is CN(Cc1cc(-c2ccccc2)n[nH]1)c1cc(C2CC(N)C2)nc(N)n1.Cl.Cl. The van der Waals surface area contributed by atoms with Crippen LogP contribution in [0.3, 0.4) is 0 Å². The van der Waals surface area contributed by atoms with Gasteiger partial charge in [0.25, 0.3) is 0 Å². The maximum atomic E-state index is 5.92. The van der Waals surface area contributed by atoms with Crippen LogP contribution in [0.4, 0.5) is 11.8 Å². The molecule has 3 aromatic rings. The minimum Gasteiger partial charge on any atom is -0.368 e. The Balaban J connectivity index is 0.00000140. The minimum absolute atomic E-state index is 0. The number of aromatic nitrogens is 4. The van der Waals surface area contributed by atoms with Gasteiger partial charge in [-0.2, -0.15) is 10.1 Å². The number of hydrogen-bond donors (Lipinski definition) is 3. The highest BCUT2D eigenvalue weighted by atomic mass is 35.5. The molecule has 1 fully saturated rings. The molecule has 1 saturated carbocycles. The van der Waals surface area contributed by atoms with Crippen molar-refractivity contribution in [3.8, 4) is 11.3 Å². The molecule has 28 heavy (non-hydrogen) atoms. The van der Waals surface area contributed by atoms with E-state index < -0.39 is 0 Å². The van der Waals surface area contributed by atoms with Gasteiger partial charge in [-0.1, -0.05) is 30.3 Å². The van der Waals surface area contributed by atoms with E-state index in [2.05, 4.69) is 26.2 Å². The van der Waals surface area contributed by atoms with Gasteiger partial charge in [-0.15, -0.1) is 24.8 Å². The number of benzene rings is 1. The molecule has 150 valence electrons. The van der Waals surface area contributed by atoms with Crippen LogP contribution in [0.2, 0.25) is 0 Å². The number of anilines is 2. The molecular formula is C19H25Cl2N7. The van der Waals surface area contributed by atoms with Crippen LogP contribution in [0, 0.1) is 0 Å². The second kappa shape index (κ2) is 9.23. The molecule has 5 N–H and O–H groups in total. The molecule has 0 radical (unpaired) electrons. The lowest BCUT2D eigenvalue weighted by atomic mass is 9.78. The molecule has 2 aromatic heterocycles. The van der Waals surface area contributed by atoms with Crippen molar-refractivity contribution in [1.29, 1.82) is 0 Å². The zero-order valence-corrected chi connectivity index (χ0v) is 17.2. The van der Waals surface area contributed by atoms with Crippen molar-refractivity contribution in [3.05, 3.63) is 53.9 Å². The van der Waals surface area contributed by atoms with Crippen LogP contribution in [0.5, 0.6) is 0 Å². The van der Waals surface area contributed by atoms with Gasteiger partial charge in [-0.25, -0.2) is 4.98 Å². The average Bonchev–Trinajstić information content (AvgIpc) is 3.07. The molecule has 7 nitrogen and oxygen atoms in total. The summed E-state index contributed by atoms with van der Waals surface area (Å²) in [7, 11) is 1.99. The van der Waals surface area contributed by atoms with Gasteiger partial charge in [0.15, 0.2) is 0 Å². The molecule has 0 aliphatic heterocycles. The lowest BCUT2D eigenvalue weighted by Crippen LogP contribution is -2.35. The molecule has 0 atom stereocenters. The standard InChI is InChI=1S/C19H23N7.2ClH/c1-26(11-15-9-17(25-24-15)12-5-3-2-4-6-12)18-10-16(22-19(21)23-18)13-7-14(20)8-13;;/h2-6,9-10,13-14H,7-8,11,20H2,1H3,(H,24,25)(H2,21,22,23);2*1H. The third-order valence-corrected chi connectivity index (χ3v) is 4.84. The normalized spacial score (nSPS) is 17.8. The molecule has 1 aliphatic carbocycles. The zero-order valence-electron chi connectivity index (χ0n) is 15.6. The Kier molecular flexibility index (Phi) is 7.23. The monoisotopic (exact) mass is 421 g/mol. The summed E-state index contributed by atoms with van der Waals surface area (Å²) in [6, 6.07) is 14.5. The van der Waals surface area contributed by atoms with E-state index >= 15 is 0 Å². The molecular weight excluding hydrogens is 397 g/mol. The van der Waals surface area contributed by atoms with Crippen molar-refractivity contribution in [2.75, 3.05) is 17.7 Å². The van der Waals surface area contributed by atoms with Crippen LogP contribution in [0.15, 0.2) is 42.5 Å². The number of rotatable bonds is 5. The minimum atomic E-state index is 0. The highest BCUT2D eigenvalue weighted by molar-refractivity contribution is 5.85. The van der Waals surface area contributed by atoms with Crippen LogP contribution in [0.1, 0.15) is 30.1 Å². The fourth-order valence-electron chi connectivity index (χ4n) is 3.32. The number of halogens is 2. The molecule has 0 unspecified atom stereocenters. The van der Waals surface area contributed by atoms with Gasteiger partial charge in [0.05, 0.1) is 23.6 Å². The Morgan fingerprint density at radius 3 is 2.50 bits per heavy atom. The Bertz CT molecular complexity index is 894. The first-order valence-electron chi connectivity index (χ1n) is 8.79. The third-order valence-electron chi connectivity index (χ3n) is 4.84. The van der Waals surface area contributed by atoms with E-state index in [1.54, 1.807) is 0 Å². The molecule has 2 heterocycles. The molecule has 0 saturated heterocycles. The number of hydrogen-bond acceptors (Lipinski definition) is 6. The predicted molar refractivity (Wildman–Crippen MR) is 117 cm³/mol. The first kappa shape index (κ1) is 21.9. The van der Waals surface area contributed by atoms with Crippen molar-refractivity contribution in [2.45, 2.75) is 31.3 Å². The summed E-state index contributed by atoms with van der Waals surface area (Å²) >= 11 is 0. The number of nitrogens with two attached hydrogens (primary N) is 2. The van der Waals surface area contributed by atoms with Gasteiger partial charge in [0, 0.05) is 30.6 Å². The fourth-order valence-corrected chi connectivity index (χ4v) is 3.32. The second-order valence-corrected chi connectivity index (χ2v) is 6.94. The van der Waals surface area contributed by atoms with E-state index in [0.29, 0.717) is 18.4 Å². The topological polar surface area (TPSA) is 110 Å². The molecule has 9 heteroatoms. The van der Waals surface area contributed by atoms with E-state index in [-0.39, 0.29) is 30.9 Å². The van der Waals surface area contributed by atoms with Gasteiger partial charge >= 0.3 is 0 Å². The summed E-state index contributed by atoms with van der Waals surface area (Å²) in [6.45, 7) is 0.653. The van der Waals surface area contributed by atoms with Crippen molar-refractivity contribution in [1.82, 2.24) is 20.2 Å². The summed E-state index contributed by atoms with van der Waals surface area (Å²) in [6.07, 6.45) is 1.92. The first-order chi connectivity index (χ1) is 12.6. The Morgan fingerprint density at radius 1 is 1.11 bits per heavy atom. The predicted octanol–water partition coefficient (Wildman–Crippen LogP) is 3.13. The quantitative estimate of drug-likeness (QED) is 0.583.